The van der Waals surface area contributed by atoms with Gasteiger partial charge in [-0.05, 0) is 6.92 Å². The number of thiazole rings is 1. The summed E-state index contributed by atoms with van der Waals surface area (Å²) in [5.74, 6) is 0. The summed E-state index contributed by atoms with van der Waals surface area (Å²) in [6.45, 7) is 8.62. The van der Waals surface area contributed by atoms with Crippen molar-refractivity contribution in [1.29, 1.82) is 0 Å². The van der Waals surface area contributed by atoms with Crippen LogP contribution in [0, 0.1) is 0 Å². The van der Waals surface area contributed by atoms with Crippen molar-refractivity contribution in [3.63, 3.8) is 0 Å². The number of imidazole rings is 1. The molecule has 0 aliphatic carbocycles. The molecule has 0 aromatic carbocycles. The highest BCUT2D eigenvalue weighted by atomic mass is 32.1. The second-order valence-electron chi connectivity index (χ2n) is 4.96. The first-order valence-corrected chi connectivity index (χ1v) is 6.00. The van der Waals surface area contributed by atoms with Gasteiger partial charge in [-0.2, -0.15) is 0 Å². The van der Waals surface area contributed by atoms with E-state index in [2.05, 4.69) is 35.5 Å². The van der Waals surface area contributed by atoms with Crippen LogP contribution in [0.4, 0.5) is 0 Å². The molecule has 0 amide bonds. The van der Waals surface area contributed by atoms with Crippen LogP contribution in [0.15, 0.2) is 11.6 Å². The molecular weight excluding hydrogens is 206 g/mol. The van der Waals surface area contributed by atoms with E-state index in [0.717, 1.165) is 10.7 Å². The van der Waals surface area contributed by atoms with E-state index in [-0.39, 0.29) is 11.5 Å². The number of nitrogens with two attached hydrogens (primary N) is 1. The molecule has 2 aromatic rings. The Bertz CT molecular complexity index is 473. The van der Waals surface area contributed by atoms with Gasteiger partial charge in [0.25, 0.3) is 0 Å². The fourth-order valence-electron chi connectivity index (χ4n) is 1.67. The molecular formula is C11H17N3S. The molecule has 0 spiro atoms. The Hall–Kier alpha value is -0.870. The van der Waals surface area contributed by atoms with Crippen molar-refractivity contribution in [2.24, 2.45) is 5.73 Å². The van der Waals surface area contributed by atoms with Crippen LogP contribution in [0.2, 0.25) is 0 Å². The van der Waals surface area contributed by atoms with Crippen LogP contribution in [0.1, 0.15) is 45.1 Å². The zero-order chi connectivity index (χ0) is 11.2. The highest BCUT2D eigenvalue weighted by Gasteiger charge is 2.21. The summed E-state index contributed by atoms with van der Waals surface area (Å²) in [6, 6.07) is 0.0238. The van der Waals surface area contributed by atoms with Crippen LogP contribution in [0.3, 0.4) is 0 Å². The van der Waals surface area contributed by atoms with Gasteiger partial charge in [0, 0.05) is 22.5 Å². The Morgan fingerprint density at radius 1 is 1.47 bits per heavy atom. The molecule has 1 unspecified atom stereocenters. The number of hydrogen-bond donors (Lipinski definition) is 1. The highest BCUT2D eigenvalue weighted by Crippen LogP contribution is 2.29. The van der Waals surface area contributed by atoms with Crippen LogP contribution in [-0.2, 0) is 5.41 Å². The van der Waals surface area contributed by atoms with Crippen molar-refractivity contribution in [2.75, 3.05) is 0 Å². The fraction of sp³-hybridized carbons (Fsp3) is 0.545. The Morgan fingerprint density at radius 3 is 2.67 bits per heavy atom. The monoisotopic (exact) mass is 223 g/mol. The van der Waals surface area contributed by atoms with Crippen molar-refractivity contribution in [3.8, 4) is 0 Å². The number of nitrogens with zero attached hydrogens (tertiary/aromatic N) is 2. The van der Waals surface area contributed by atoms with E-state index in [1.54, 1.807) is 11.3 Å². The smallest absolute Gasteiger partial charge is 0.194 e. The number of hydrogen-bond acceptors (Lipinski definition) is 3. The van der Waals surface area contributed by atoms with Gasteiger partial charge in [-0.1, -0.05) is 20.8 Å². The zero-order valence-electron chi connectivity index (χ0n) is 9.61. The Balaban J connectivity index is 2.71. The van der Waals surface area contributed by atoms with Crippen LogP contribution >= 0.6 is 11.3 Å². The van der Waals surface area contributed by atoms with Crippen LogP contribution in [0.5, 0.6) is 0 Å². The van der Waals surface area contributed by atoms with Gasteiger partial charge >= 0.3 is 0 Å². The Labute approximate surface area is 93.9 Å². The topological polar surface area (TPSA) is 43.3 Å². The molecule has 15 heavy (non-hydrogen) atoms. The summed E-state index contributed by atoms with van der Waals surface area (Å²) in [5.41, 5.74) is 8.45. The second-order valence-corrected chi connectivity index (χ2v) is 5.80. The van der Waals surface area contributed by atoms with E-state index >= 15 is 0 Å². The lowest BCUT2D eigenvalue weighted by molar-refractivity contribution is 0.557. The van der Waals surface area contributed by atoms with Crippen LogP contribution in [0.25, 0.3) is 4.96 Å². The van der Waals surface area contributed by atoms with E-state index in [4.69, 9.17) is 5.73 Å². The summed E-state index contributed by atoms with van der Waals surface area (Å²) >= 11 is 1.68. The summed E-state index contributed by atoms with van der Waals surface area (Å²) in [6.07, 6.45) is 1.88. The molecule has 4 heteroatoms. The zero-order valence-corrected chi connectivity index (χ0v) is 10.4. The number of fused-ring (bicyclic) bond motifs is 1. The van der Waals surface area contributed by atoms with Gasteiger partial charge in [-0.15, -0.1) is 11.3 Å². The summed E-state index contributed by atoms with van der Waals surface area (Å²) in [7, 11) is 0. The third kappa shape index (κ3) is 1.68. The highest BCUT2D eigenvalue weighted by molar-refractivity contribution is 7.15. The van der Waals surface area contributed by atoms with Crippen molar-refractivity contribution >= 4 is 16.3 Å². The van der Waals surface area contributed by atoms with Gasteiger partial charge in [0.05, 0.1) is 11.9 Å². The Kier molecular flexibility index (Phi) is 2.35. The average molecular weight is 223 g/mol. The molecule has 0 saturated carbocycles. The molecule has 82 valence electrons. The van der Waals surface area contributed by atoms with Gasteiger partial charge in [0.15, 0.2) is 4.96 Å². The van der Waals surface area contributed by atoms with Crippen molar-refractivity contribution < 1.29 is 0 Å². The maximum absolute atomic E-state index is 5.94. The minimum absolute atomic E-state index is 0.0238. The molecule has 3 nitrogen and oxygen atoms in total. The van der Waals surface area contributed by atoms with E-state index in [1.165, 1.54) is 5.69 Å². The van der Waals surface area contributed by atoms with Crippen LogP contribution in [-0.4, -0.2) is 9.38 Å². The minimum Gasteiger partial charge on any atom is -0.323 e. The van der Waals surface area contributed by atoms with Crippen LogP contribution < -0.4 is 5.73 Å². The third-order valence-corrected chi connectivity index (χ3v) is 3.35. The SMILES string of the molecule is CC(N)c1cnc2scc(C(C)(C)C)n12. The standard InChI is InChI=1S/C11H17N3S/c1-7(12)8-5-13-10-14(8)9(6-15-10)11(2,3)4/h5-7H,12H2,1-4H3. The lowest BCUT2D eigenvalue weighted by Gasteiger charge is -2.19. The second kappa shape index (κ2) is 3.32. The van der Waals surface area contributed by atoms with Crippen molar-refractivity contribution in [3.05, 3.63) is 23.0 Å². The first kappa shape index (κ1) is 10.6. The lowest BCUT2D eigenvalue weighted by atomic mass is 9.93. The van der Waals surface area contributed by atoms with Crippen molar-refractivity contribution in [2.45, 2.75) is 39.2 Å². The molecule has 0 radical (unpaired) electrons. The van der Waals surface area contributed by atoms with Gasteiger partial charge < -0.3 is 5.73 Å². The molecule has 2 rings (SSSR count). The largest absolute Gasteiger partial charge is 0.323 e. The predicted octanol–water partition coefficient (Wildman–Crippen LogP) is 2.71. The number of aromatic nitrogens is 2. The molecule has 2 heterocycles. The van der Waals surface area contributed by atoms with Crippen molar-refractivity contribution in [1.82, 2.24) is 9.38 Å². The molecule has 2 N–H and O–H groups in total. The maximum Gasteiger partial charge on any atom is 0.194 e. The molecule has 0 aliphatic heterocycles. The number of rotatable bonds is 1. The Morgan fingerprint density at radius 2 is 2.13 bits per heavy atom. The summed E-state index contributed by atoms with van der Waals surface area (Å²) < 4.78 is 2.19. The van der Waals surface area contributed by atoms with E-state index in [1.807, 2.05) is 13.1 Å². The molecule has 1 atom stereocenters. The van der Waals surface area contributed by atoms with E-state index < -0.39 is 0 Å². The first-order chi connectivity index (χ1) is 6.91. The molecule has 2 aromatic heterocycles. The van der Waals surface area contributed by atoms with Gasteiger partial charge in [-0.25, -0.2) is 4.98 Å². The van der Waals surface area contributed by atoms with Gasteiger partial charge in [-0.3, -0.25) is 4.40 Å². The van der Waals surface area contributed by atoms with Gasteiger partial charge in [0.2, 0.25) is 0 Å². The predicted molar refractivity (Wildman–Crippen MR) is 64.4 cm³/mol. The van der Waals surface area contributed by atoms with E-state index in [9.17, 15) is 0 Å². The lowest BCUT2D eigenvalue weighted by Crippen LogP contribution is -2.17. The average Bonchev–Trinajstić information content (AvgIpc) is 2.57. The normalized spacial score (nSPS) is 14.7. The quantitative estimate of drug-likeness (QED) is 0.807. The molecule has 0 aliphatic rings. The fourth-order valence-corrected chi connectivity index (χ4v) is 2.77. The summed E-state index contributed by atoms with van der Waals surface area (Å²) in [5, 5.41) is 2.17. The van der Waals surface area contributed by atoms with E-state index in [0.29, 0.717) is 0 Å². The molecule has 0 bridgehead atoms. The maximum atomic E-state index is 5.94. The summed E-state index contributed by atoms with van der Waals surface area (Å²) in [4.78, 5) is 5.41. The third-order valence-electron chi connectivity index (χ3n) is 2.51. The first-order valence-electron chi connectivity index (χ1n) is 5.12. The van der Waals surface area contributed by atoms with Gasteiger partial charge in [0.1, 0.15) is 0 Å². The molecule has 0 saturated heterocycles. The minimum atomic E-state index is 0.0238. The molecule has 0 fully saturated rings.